The summed E-state index contributed by atoms with van der Waals surface area (Å²) in [5, 5.41) is 0.777. The highest BCUT2D eigenvalue weighted by Crippen LogP contribution is 2.30. The van der Waals surface area contributed by atoms with E-state index in [4.69, 9.17) is 4.98 Å². The topological polar surface area (TPSA) is 51.0 Å². The van der Waals surface area contributed by atoms with Crippen LogP contribution in [-0.4, -0.2) is 33.2 Å². The fraction of sp³-hybridized carbons (Fsp3) is 0.292. The van der Waals surface area contributed by atoms with Crippen molar-refractivity contribution in [3.63, 3.8) is 0 Å². The van der Waals surface area contributed by atoms with Crippen molar-refractivity contribution in [3.05, 3.63) is 72.3 Å². The van der Waals surface area contributed by atoms with E-state index in [-0.39, 0.29) is 18.3 Å². The Balaban J connectivity index is 0.00000289. The van der Waals surface area contributed by atoms with Crippen molar-refractivity contribution in [2.24, 2.45) is 0 Å². The molecule has 0 aliphatic heterocycles. The van der Waals surface area contributed by atoms with Gasteiger partial charge in [-0.05, 0) is 54.5 Å². The minimum absolute atomic E-state index is 0. The average Bonchev–Trinajstić information content (AvgIpc) is 3.46. The molecule has 32 heavy (non-hydrogen) atoms. The smallest absolute Gasteiger partial charge is 0.233 e. The number of nitrogens with zero attached hydrogens (tertiary/aromatic N) is 4. The number of hydrogen-bond acceptors (Lipinski definition) is 5. The number of carbonyl (C=O) groups is 1. The Hall–Kier alpha value is -2.35. The van der Waals surface area contributed by atoms with Gasteiger partial charge in [0.2, 0.25) is 5.91 Å². The molecule has 0 aliphatic carbocycles. The lowest BCUT2D eigenvalue weighted by molar-refractivity contribution is -0.118. The molecule has 2 heterocycles. The van der Waals surface area contributed by atoms with Crippen molar-refractivity contribution in [2.75, 3.05) is 17.7 Å². The van der Waals surface area contributed by atoms with Crippen LogP contribution in [0.15, 0.2) is 66.1 Å². The second-order valence-corrected chi connectivity index (χ2v) is 9.27. The number of benzene rings is 2. The van der Waals surface area contributed by atoms with Crippen LogP contribution in [0.3, 0.4) is 0 Å². The van der Waals surface area contributed by atoms with E-state index >= 15 is 0 Å². The first kappa shape index (κ1) is 24.3. The first-order valence-electron chi connectivity index (χ1n) is 10.4. The molecule has 0 aliphatic rings. The van der Waals surface area contributed by atoms with Crippen LogP contribution in [0.25, 0.3) is 10.2 Å². The van der Waals surface area contributed by atoms with Crippen LogP contribution in [0.5, 0.6) is 0 Å². The first-order valence-corrected chi connectivity index (χ1v) is 12.5. The number of thioether (sulfide) groups is 1. The number of aryl methyl sites for hydroxylation is 2. The number of halogens is 1. The first-order chi connectivity index (χ1) is 15.2. The lowest BCUT2D eigenvalue weighted by atomic mass is 10.1. The Bertz CT molecular complexity index is 1140. The number of fused-ring (bicyclic) bond motifs is 1. The highest BCUT2D eigenvalue weighted by atomic mass is 35.5. The number of anilines is 1. The average molecular weight is 487 g/mol. The van der Waals surface area contributed by atoms with Gasteiger partial charge in [-0.2, -0.15) is 0 Å². The standard InChI is InChI=1S/C24H26N4OS2.ClH/c1-3-18-7-10-21-22(15-18)31-24(26-21)28(13-4-12-27-14-11-25-17-27)23(29)16-19-5-8-20(30-2)9-6-19;/h5-11,14-15,17H,3-4,12-13,16H2,1-2H3;1H. The fourth-order valence-corrected chi connectivity index (χ4v) is 4.94. The van der Waals surface area contributed by atoms with Crippen LogP contribution < -0.4 is 4.90 Å². The van der Waals surface area contributed by atoms with Crippen molar-refractivity contribution >= 4 is 56.8 Å². The molecule has 4 aromatic rings. The van der Waals surface area contributed by atoms with E-state index < -0.39 is 0 Å². The van der Waals surface area contributed by atoms with Gasteiger partial charge in [-0.1, -0.05) is 36.5 Å². The van der Waals surface area contributed by atoms with E-state index in [2.05, 4.69) is 48.5 Å². The summed E-state index contributed by atoms with van der Waals surface area (Å²) in [5.74, 6) is 0.0808. The summed E-state index contributed by atoms with van der Waals surface area (Å²) >= 11 is 3.30. The summed E-state index contributed by atoms with van der Waals surface area (Å²) < 4.78 is 3.17. The second kappa shape index (κ2) is 11.5. The summed E-state index contributed by atoms with van der Waals surface area (Å²) in [6, 6.07) is 14.6. The molecule has 2 aromatic carbocycles. The monoisotopic (exact) mass is 486 g/mol. The van der Waals surface area contributed by atoms with Crippen molar-refractivity contribution in [2.45, 2.75) is 37.6 Å². The van der Waals surface area contributed by atoms with Crippen molar-refractivity contribution in [3.8, 4) is 0 Å². The summed E-state index contributed by atoms with van der Waals surface area (Å²) in [7, 11) is 0. The number of imidazole rings is 1. The van der Waals surface area contributed by atoms with Gasteiger partial charge in [0.05, 0.1) is 23.0 Å². The van der Waals surface area contributed by atoms with E-state index in [0.717, 1.165) is 40.3 Å². The quantitative estimate of drug-likeness (QED) is 0.278. The van der Waals surface area contributed by atoms with E-state index in [1.54, 1.807) is 29.3 Å². The fourth-order valence-electron chi connectivity index (χ4n) is 3.46. The van der Waals surface area contributed by atoms with E-state index in [1.165, 1.54) is 10.5 Å². The van der Waals surface area contributed by atoms with Crippen LogP contribution in [0.2, 0.25) is 0 Å². The molecule has 5 nitrogen and oxygen atoms in total. The summed E-state index contributed by atoms with van der Waals surface area (Å²) in [4.78, 5) is 25.3. The SMILES string of the molecule is CCc1ccc2nc(N(CCCn3ccnc3)C(=O)Cc3ccc(SC)cc3)sc2c1.Cl. The number of thiazole rings is 1. The maximum atomic E-state index is 13.3. The molecular formula is C24H27ClN4OS2. The van der Waals surface area contributed by atoms with Crippen LogP contribution >= 0.6 is 35.5 Å². The molecule has 0 radical (unpaired) electrons. The minimum atomic E-state index is 0. The number of carbonyl (C=O) groups excluding carboxylic acids is 1. The number of amides is 1. The third kappa shape index (κ3) is 5.91. The van der Waals surface area contributed by atoms with Crippen molar-refractivity contribution < 1.29 is 4.79 Å². The molecule has 8 heteroatoms. The third-order valence-corrected chi connectivity index (χ3v) is 7.04. The Morgan fingerprint density at radius 3 is 2.62 bits per heavy atom. The molecule has 0 saturated carbocycles. The zero-order valence-corrected chi connectivity index (χ0v) is 20.7. The lowest BCUT2D eigenvalue weighted by Crippen LogP contribution is -2.33. The lowest BCUT2D eigenvalue weighted by Gasteiger charge is -2.20. The van der Waals surface area contributed by atoms with E-state index in [1.807, 2.05) is 34.1 Å². The van der Waals surface area contributed by atoms with Crippen LogP contribution in [0.4, 0.5) is 5.13 Å². The van der Waals surface area contributed by atoms with Gasteiger partial charge in [-0.15, -0.1) is 24.2 Å². The van der Waals surface area contributed by atoms with Crippen LogP contribution in [0.1, 0.15) is 24.5 Å². The molecule has 0 spiro atoms. The normalized spacial score (nSPS) is 10.8. The Morgan fingerprint density at radius 1 is 1.16 bits per heavy atom. The zero-order chi connectivity index (χ0) is 21.6. The molecule has 0 fully saturated rings. The number of rotatable bonds is 9. The molecule has 0 N–H and O–H groups in total. The van der Waals surface area contributed by atoms with Gasteiger partial charge in [0.25, 0.3) is 0 Å². The Morgan fingerprint density at radius 2 is 1.94 bits per heavy atom. The molecule has 0 bridgehead atoms. The number of hydrogen-bond donors (Lipinski definition) is 0. The Kier molecular flexibility index (Phi) is 8.73. The maximum absolute atomic E-state index is 13.3. The third-order valence-electron chi connectivity index (χ3n) is 5.25. The van der Waals surface area contributed by atoms with Gasteiger partial charge in [0, 0.05) is 30.4 Å². The minimum Gasteiger partial charge on any atom is -0.337 e. The highest BCUT2D eigenvalue weighted by molar-refractivity contribution is 7.98. The van der Waals surface area contributed by atoms with Crippen LogP contribution in [0, 0.1) is 0 Å². The molecule has 0 saturated heterocycles. The van der Waals surface area contributed by atoms with Gasteiger partial charge in [0.1, 0.15) is 0 Å². The summed E-state index contributed by atoms with van der Waals surface area (Å²) in [6.07, 6.45) is 9.79. The summed E-state index contributed by atoms with van der Waals surface area (Å²) in [6.45, 7) is 3.59. The van der Waals surface area contributed by atoms with Gasteiger partial charge < -0.3 is 4.57 Å². The van der Waals surface area contributed by atoms with Gasteiger partial charge in [-0.25, -0.2) is 9.97 Å². The maximum Gasteiger partial charge on any atom is 0.233 e. The van der Waals surface area contributed by atoms with E-state index in [9.17, 15) is 4.79 Å². The summed E-state index contributed by atoms with van der Waals surface area (Å²) in [5.41, 5.74) is 3.26. The number of aromatic nitrogens is 3. The molecule has 4 rings (SSSR count). The van der Waals surface area contributed by atoms with Gasteiger partial charge >= 0.3 is 0 Å². The molecule has 168 valence electrons. The van der Waals surface area contributed by atoms with Crippen molar-refractivity contribution in [1.82, 2.24) is 14.5 Å². The predicted molar refractivity (Wildman–Crippen MR) is 137 cm³/mol. The molecule has 0 atom stereocenters. The highest BCUT2D eigenvalue weighted by Gasteiger charge is 2.20. The van der Waals surface area contributed by atoms with Crippen molar-refractivity contribution in [1.29, 1.82) is 0 Å². The largest absolute Gasteiger partial charge is 0.337 e. The molecule has 2 aromatic heterocycles. The molecule has 0 unspecified atom stereocenters. The zero-order valence-electron chi connectivity index (χ0n) is 18.2. The Labute approximate surface area is 203 Å². The molecular weight excluding hydrogens is 460 g/mol. The van der Waals surface area contributed by atoms with Gasteiger partial charge in [0.15, 0.2) is 5.13 Å². The molecule has 1 amide bonds. The van der Waals surface area contributed by atoms with Gasteiger partial charge in [-0.3, -0.25) is 9.69 Å². The second-order valence-electron chi connectivity index (χ2n) is 7.38. The van der Waals surface area contributed by atoms with Crippen LogP contribution in [-0.2, 0) is 24.2 Å². The predicted octanol–water partition coefficient (Wildman–Crippen LogP) is 5.86. The van der Waals surface area contributed by atoms with E-state index in [0.29, 0.717) is 13.0 Å².